The summed E-state index contributed by atoms with van der Waals surface area (Å²) in [6.45, 7) is 6.81. The minimum absolute atomic E-state index is 0.319. The number of nitrogens with one attached hydrogen (secondary N) is 1. The van der Waals surface area contributed by atoms with Gasteiger partial charge in [0.05, 0.1) is 12.7 Å². The molecule has 0 atom stereocenters. The minimum atomic E-state index is 0.319. The average molecular weight is 256 g/mol. The van der Waals surface area contributed by atoms with E-state index in [1.54, 1.807) is 0 Å². The lowest BCUT2D eigenvalue weighted by Crippen LogP contribution is -2.34. The zero-order valence-electron chi connectivity index (χ0n) is 11.0. The van der Waals surface area contributed by atoms with Crippen molar-refractivity contribution in [2.45, 2.75) is 45.6 Å². The summed E-state index contributed by atoms with van der Waals surface area (Å²) in [6.07, 6.45) is 5.89. The molecule has 0 aromatic carbocycles. The van der Waals surface area contributed by atoms with Crippen molar-refractivity contribution in [2.75, 3.05) is 25.4 Å². The molecule has 0 amide bonds. The molecule has 1 aliphatic heterocycles. The molecule has 17 heavy (non-hydrogen) atoms. The Morgan fingerprint density at radius 3 is 2.76 bits per heavy atom. The summed E-state index contributed by atoms with van der Waals surface area (Å²) in [5.41, 5.74) is 0.546. The molecule has 1 spiro atoms. The molecule has 1 fully saturated rings. The fraction of sp³-hybridized carbons (Fsp3) is 0.923. The van der Waals surface area contributed by atoms with Gasteiger partial charge >= 0.3 is 0 Å². The van der Waals surface area contributed by atoms with Gasteiger partial charge in [0.25, 0.3) is 0 Å². The number of nitrogens with zero attached hydrogens (tertiary/aromatic N) is 1. The first-order valence-electron chi connectivity index (χ1n) is 6.73. The Balaban J connectivity index is 1.68. The molecule has 0 aromatic rings. The molecule has 0 radical (unpaired) electrons. The van der Waals surface area contributed by atoms with Crippen LogP contribution in [0.4, 0.5) is 0 Å². The van der Waals surface area contributed by atoms with Crippen LogP contribution in [-0.2, 0) is 4.74 Å². The van der Waals surface area contributed by atoms with Gasteiger partial charge < -0.3 is 10.1 Å². The third-order valence-corrected chi connectivity index (χ3v) is 4.87. The fourth-order valence-electron chi connectivity index (χ4n) is 2.54. The molecule has 1 saturated carbocycles. The predicted molar refractivity (Wildman–Crippen MR) is 74.8 cm³/mol. The minimum Gasteiger partial charge on any atom is -0.377 e. The standard InChI is InChI=1S/C13H24N2OS/c1-11(2)16-8-7-14-12-15-9-13(10-17-12)5-3-4-6-13/h11H,3-10H2,1-2H3,(H,14,15). The Kier molecular flexibility index (Phi) is 4.74. The van der Waals surface area contributed by atoms with Crippen molar-refractivity contribution in [3.8, 4) is 0 Å². The second kappa shape index (κ2) is 6.10. The maximum atomic E-state index is 5.50. The van der Waals surface area contributed by atoms with Crippen LogP contribution in [0.3, 0.4) is 0 Å². The van der Waals surface area contributed by atoms with Crippen molar-refractivity contribution in [2.24, 2.45) is 10.4 Å². The average Bonchev–Trinajstić information content (AvgIpc) is 2.75. The lowest BCUT2D eigenvalue weighted by molar-refractivity contribution is 0.0831. The van der Waals surface area contributed by atoms with E-state index in [-0.39, 0.29) is 0 Å². The van der Waals surface area contributed by atoms with Gasteiger partial charge in [-0.3, -0.25) is 4.99 Å². The molecule has 0 unspecified atom stereocenters. The summed E-state index contributed by atoms with van der Waals surface area (Å²) in [5.74, 6) is 1.25. The highest BCUT2D eigenvalue weighted by molar-refractivity contribution is 8.13. The van der Waals surface area contributed by atoms with Crippen molar-refractivity contribution in [3.05, 3.63) is 0 Å². The van der Waals surface area contributed by atoms with Crippen LogP contribution in [0.5, 0.6) is 0 Å². The maximum absolute atomic E-state index is 5.50. The van der Waals surface area contributed by atoms with Crippen LogP contribution >= 0.6 is 11.8 Å². The van der Waals surface area contributed by atoms with Gasteiger partial charge in [0.2, 0.25) is 0 Å². The van der Waals surface area contributed by atoms with Crippen LogP contribution in [0.1, 0.15) is 39.5 Å². The largest absolute Gasteiger partial charge is 0.377 e. The van der Waals surface area contributed by atoms with Crippen molar-refractivity contribution in [1.29, 1.82) is 0 Å². The van der Waals surface area contributed by atoms with E-state index in [1.165, 1.54) is 31.4 Å². The highest BCUT2D eigenvalue weighted by Crippen LogP contribution is 2.43. The molecule has 1 heterocycles. The van der Waals surface area contributed by atoms with Crippen LogP contribution < -0.4 is 5.32 Å². The zero-order chi connectivity index (χ0) is 12.1. The Morgan fingerprint density at radius 2 is 2.18 bits per heavy atom. The van der Waals surface area contributed by atoms with Crippen molar-refractivity contribution in [1.82, 2.24) is 5.32 Å². The summed E-state index contributed by atoms with van der Waals surface area (Å²) in [7, 11) is 0. The molecule has 2 rings (SSSR count). The SMILES string of the molecule is CC(C)OCCNC1=NCC2(CCCC2)CS1. The number of hydrogen-bond donors (Lipinski definition) is 1. The number of aliphatic imine (C=N–C) groups is 1. The van der Waals surface area contributed by atoms with Gasteiger partial charge in [-0.1, -0.05) is 24.6 Å². The van der Waals surface area contributed by atoms with Gasteiger partial charge in [-0.2, -0.15) is 0 Å². The number of thioether (sulfide) groups is 1. The van der Waals surface area contributed by atoms with Gasteiger partial charge in [0.15, 0.2) is 5.17 Å². The zero-order valence-corrected chi connectivity index (χ0v) is 11.8. The van der Waals surface area contributed by atoms with Crippen LogP contribution in [0.15, 0.2) is 4.99 Å². The second-order valence-corrected chi connectivity index (χ2v) is 6.43. The van der Waals surface area contributed by atoms with E-state index >= 15 is 0 Å². The summed E-state index contributed by atoms with van der Waals surface area (Å²) in [5, 5.41) is 4.49. The Bertz CT molecular complexity index is 273. The Morgan fingerprint density at radius 1 is 1.41 bits per heavy atom. The van der Waals surface area contributed by atoms with E-state index in [4.69, 9.17) is 9.73 Å². The van der Waals surface area contributed by atoms with E-state index in [0.717, 1.165) is 24.9 Å². The van der Waals surface area contributed by atoms with Gasteiger partial charge in [-0.05, 0) is 32.1 Å². The highest BCUT2D eigenvalue weighted by Gasteiger charge is 2.36. The molecule has 1 N–H and O–H groups in total. The van der Waals surface area contributed by atoms with Gasteiger partial charge in [0, 0.05) is 18.8 Å². The third-order valence-electron chi connectivity index (χ3n) is 3.57. The summed E-state index contributed by atoms with van der Waals surface area (Å²) < 4.78 is 5.50. The first-order valence-corrected chi connectivity index (χ1v) is 7.72. The van der Waals surface area contributed by atoms with E-state index < -0.39 is 0 Å². The first kappa shape index (κ1) is 13.2. The molecule has 2 aliphatic rings. The van der Waals surface area contributed by atoms with Crippen molar-refractivity contribution in [3.63, 3.8) is 0 Å². The first-order chi connectivity index (χ1) is 8.20. The number of ether oxygens (including phenoxy) is 1. The van der Waals surface area contributed by atoms with Crippen molar-refractivity contribution >= 4 is 16.9 Å². The lowest BCUT2D eigenvalue weighted by Gasteiger charge is -2.31. The fourth-order valence-corrected chi connectivity index (χ4v) is 3.72. The quantitative estimate of drug-likeness (QED) is 0.785. The number of amidine groups is 1. The van der Waals surface area contributed by atoms with Gasteiger partial charge in [-0.15, -0.1) is 0 Å². The molecule has 0 saturated heterocycles. The number of rotatable bonds is 4. The number of hydrogen-bond acceptors (Lipinski definition) is 4. The molecule has 4 heteroatoms. The normalized spacial score (nSPS) is 23.1. The topological polar surface area (TPSA) is 33.6 Å². The Hall–Kier alpha value is -0.220. The highest BCUT2D eigenvalue weighted by atomic mass is 32.2. The molecule has 3 nitrogen and oxygen atoms in total. The van der Waals surface area contributed by atoms with Crippen LogP contribution in [-0.4, -0.2) is 36.7 Å². The summed E-state index contributed by atoms with van der Waals surface area (Å²) >= 11 is 1.90. The lowest BCUT2D eigenvalue weighted by atomic mass is 9.89. The van der Waals surface area contributed by atoms with Gasteiger partial charge in [-0.25, -0.2) is 0 Å². The molecular weight excluding hydrogens is 232 g/mol. The van der Waals surface area contributed by atoms with Crippen LogP contribution in [0.2, 0.25) is 0 Å². The molecule has 0 aromatic heterocycles. The third kappa shape index (κ3) is 3.88. The van der Waals surface area contributed by atoms with E-state index in [0.29, 0.717) is 11.5 Å². The molecule has 0 bridgehead atoms. The smallest absolute Gasteiger partial charge is 0.156 e. The van der Waals surface area contributed by atoms with E-state index in [2.05, 4.69) is 19.2 Å². The molecule has 98 valence electrons. The molecular formula is C13H24N2OS. The van der Waals surface area contributed by atoms with Crippen LogP contribution in [0, 0.1) is 5.41 Å². The maximum Gasteiger partial charge on any atom is 0.156 e. The Labute approximate surface area is 109 Å². The van der Waals surface area contributed by atoms with E-state index in [9.17, 15) is 0 Å². The van der Waals surface area contributed by atoms with Crippen LogP contribution in [0.25, 0.3) is 0 Å². The van der Waals surface area contributed by atoms with E-state index in [1.807, 2.05) is 11.8 Å². The second-order valence-electron chi connectivity index (χ2n) is 5.46. The predicted octanol–water partition coefficient (Wildman–Crippen LogP) is 2.66. The molecule has 1 aliphatic carbocycles. The monoisotopic (exact) mass is 256 g/mol. The van der Waals surface area contributed by atoms with Gasteiger partial charge in [0.1, 0.15) is 0 Å². The summed E-state index contributed by atoms with van der Waals surface area (Å²) in [4.78, 5) is 4.69. The van der Waals surface area contributed by atoms with Crippen molar-refractivity contribution < 1.29 is 4.74 Å². The summed E-state index contributed by atoms with van der Waals surface area (Å²) in [6, 6.07) is 0.